The van der Waals surface area contributed by atoms with Gasteiger partial charge in [-0.05, 0) is 35.4 Å². The Hall–Kier alpha value is -1.80. The zero-order valence-corrected chi connectivity index (χ0v) is 17.4. The molecule has 3 rings (SSSR count). The summed E-state index contributed by atoms with van der Waals surface area (Å²) in [5.74, 6) is 1.18. The number of halogens is 2. The van der Waals surface area contributed by atoms with Gasteiger partial charge in [-0.3, -0.25) is 4.79 Å². The van der Waals surface area contributed by atoms with E-state index in [1.165, 1.54) is 23.1 Å². The number of nitrogens with one attached hydrogen (secondary N) is 1. The summed E-state index contributed by atoms with van der Waals surface area (Å²) in [5, 5.41) is 12.6. The fourth-order valence-electron chi connectivity index (χ4n) is 2.21. The molecule has 27 heavy (non-hydrogen) atoms. The quantitative estimate of drug-likeness (QED) is 0.398. The molecule has 0 fully saturated rings. The monoisotopic (exact) mass is 439 g/mol. The van der Waals surface area contributed by atoms with Crippen molar-refractivity contribution < 1.29 is 9.53 Å². The van der Waals surface area contributed by atoms with E-state index in [0.29, 0.717) is 20.9 Å². The zero-order valence-electron chi connectivity index (χ0n) is 14.2. The normalized spacial score (nSPS) is 10.6. The predicted molar refractivity (Wildman–Crippen MR) is 111 cm³/mol. The van der Waals surface area contributed by atoms with Crippen LogP contribution in [0.2, 0.25) is 10.0 Å². The van der Waals surface area contributed by atoms with Crippen molar-refractivity contribution in [3.63, 3.8) is 0 Å². The van der Waals surface area contributed by atoms with Gasteiger partial charge in [0, 0.05) is 15.8 Å². The molecule has 0 saturated heterocycles. The molecule has 1 amide bonds. The highest BCUT2D eigenvalue weighted by atomic mass is 35.5. The summed E-state index contributed by atoms with van der Waals surface area (Å²) in [7, 11) is 1.60. The van der Waals surface area contributed by atoms with Crippen LogP contribution in [0.5, 0.6) is 5.75 Å². The van der Waals surface area contributed by atoms with Gasteiger partial charge in [0.25, 0.3) is 0 Å². The number of carbonyl (C=O) groups is 1. The molecule has 0 saturated carbocycles. The molecule has 3 aromatic rings. The van der Waals surface area contributed by atoms with Crippen LogP contribution in [-0.2, 0) is 17.0 Å². The Labute approximate surface area is 175 Å². The van der Waals surface area contributed by atoms with Gasteiger partial charge in [0.1, 0.15) is 5.75 Å². The minimum absolute atomic E-state index is 0.151. The van der Waals surface area contributed by atoms with Gasteiger partial charge in [-0.1, -0.05) is 64.5 Å². The highest BCUT2D eigenvalue weighted by Gasteiger charge is 2.12. The second-order valence-corrected chi connectivity index (χ2v) is 8.45. The molecule has 2 aromatic carbocycles. The van der Waals surface area contributed by atoms with Gasteiger partial charge in [0.2, 0.25) is 11.0 Å². The average molecular weight is 440 g/mol. The lowest BCUT2D eigenvalue weighted by atomic mass is 10.1. The number of carbonyl (C=O) groups excluding carboxylic acids is 1. The number of benzene rings is 2. The van der Waals surface area contributed by atoms with Crippen molar-refractivity contribution in [2.24, 2.45) is 0 Å². The first-order valence-electron chi connectivity index (χ1n) is 7.87. The Bertz CT molecular complexity index is 912. The third kappa shape index (κ3) is 5.59. The van der Waals surface area contributed by atoms with Gasteiger partial charge >= 0.3 is 0 Å². The molecule has 0 bridgehead atoms. The van der Waals surface area contributed by atoms with Gasteiger partial charge in [-0.15, -0.1) is 10.2 Å². The topological polar surface area (TPSA) is 64.1 Å². The van der Waals surface area contributed by atoms with Crippen molar-refractivity contribution >= 4 is 57.3 Å². The zero-order chi connectivity index (χ0) is 19.2. The van der Waals surface area contributed by atoms with E-state index in [-0.39, 0.29) is 12.3 Å². The summed E-state index contributed by atoms with van der Waals surface area (Å²) in [6, 6.07) is 12.8. The minimum Gasteiger partial charge on any atom is -0.497 e. The number of hydrogen-bond acceptors (Lipinski definition) is 6. The summed E-state index contributed by atoms with van der Waals surface area (Å²) in [4.78, 5) is 12.2. The number of ether oxygens (including phenoxy) is 1. The summed E-state index contributed by atoms with van der Waals surface area (Å²) in [6.45, 7) is 0. The minimum atomic E-state index is -0.151. The smallest absolute Gasteiger partial charge is 0.230 e. The molecule has 0 aliphatic heterocycles. The van der Waals surface area contributed by atoms with Crippen LogP contribution in [0, 0.1) is 0 Å². The maximum absolute atomic E-state index is 12.2. The molecule has 9 heteroatoms. The number of methoxy groups -OCH3 is 1. The summed E-state index contributed by atoms with van der Waals surface area (Å²) < 4.78 is 5.83. The largest absolute Gasteiger partial charge is 0.497 e. The molecule has 1 heterocycles. The fourth-order valence-corrected chi connectivity index (χ4v) is 4.72. The van der Waals surface area contributed by atoms with E-state index in [2.05, 4.69) is 15.5 Å². The Morgan fingerprint density at radius 2 is 1.85 bits per heavy atom. The van der Waals surface area contributed by atoms with E-state index in [9.17, 15) is 4.79 Å². The molecule has 0 aliphatic rings. The number of aromatic nitrogens is 2. The first kappa shape index (κ1) is 19.9. The Kier molecular flexibility index (Phi) is 6.95. The van der Waals surface area contributed by atoms with E-state index in [4.69, 9.17) is 27.9 Å². The standard InChI is InChI=1S/C18H15Cl2N3O2S2/c1-25-12-7-5-11(6-8-12)9-16(24)21-17-22-23-18(27-17)26-10-13-14(19)3-2-4-15(13)20/h2-8H,9-10H2,1H3,(H,21,22,24). The number of nitrogens with zero attached hydrogens (tertiary/aromatic N) is 2. The lowest BCUT2D eigenvalue weighted by Crippen LogP contribution is -2.14. The van der Waals surface area contributed by atoms with Crippen LogP contribution < -0.4 is 10.1 Å². The molecule has 0 unspecified atom stereocenters. The van der Waals surface area contributed by atoms with Crippen LogP contribution in [0.1, 0.15) is 11.1 Å². The van der Waals surface area contributed by atoms with E-state index < -0.39 is 0 Å². The molecular formula is C18H15Cl2N3O2S2. The fraction of sp³-hybridized carbons (Fsp3) is 0.167. The van der Waals surface area contributed by atoms with Crippen molar-refractivity contribution in [3.8, 4) is 5.75 Å². The number of amides is 1. The number of anilines is 1. The number of thioether (sulfide) groups is 1. The Morgan fingerprint density at radius 3 is 2.52 bits per heavy atom. The third-order valence-electron chi connectivity index (χ3n) is 3.58. The molecule has 5 nitrogen and oxygen atoms in total. The summed E-state index contributed by atoms with van der Waals surface area (Å²) in [5.41, 5.74) is 1.74. The third-order valence-corrected chi connectivity index (χ3v) is 6.28. The molecule has 1 N–H and O–H groups in total. The second-order valence-electron chi connectivity index (χ2n) is 5.44. The lowest BCUT2D eigenvalue weighted by molar-refractivity contribution is -0.115. The first-order chi connectivity index (χ1) is 13.0. The summed E-state index contributed by atoms with van der Waals surface area (Å²) >= 11 is 15.1. The summed E-state index contributed by atoms with van der Waals surface area (Å²) in [6.07, 6.45) is 0.251. The lowest BCUT2D eigenvalue weighted by Gasteiger charge is -2.04. The van der Waals surface area contributed by atoms with Crippen molar-refractivity contribution in [3.05, 3.63) is 63.6 Å². The van der Waals surface area contributed by atoms with Gasteiger partial charge < -0.3 is 10.1 Å². The maximum Gasteiger partial charge on any atom is 0.230 e. The Balaban J connectivity index is 1.54. The number of rotatable bonds is 7. The van der Waals surface area contributed by atoms with Crippen molar-refractivity contribution in [2.75, 3.05) is 12.4 Å². The van der Waals surface area contributed by atoms with Crippen molar-refractivity contribution in [1.82, 2.24) is 10.2 Å². The molecule has 140 valence electrons. The van der Waals surface area contributed by atoms with Crippen LogP contribution in [0.4, 0.5) is 5.13 Å². The Morgan fingerprint density at radius 1 is 1.15 bits per heavy atom. The van der Waals surface area contributed by atoms with Crippen molar-refractivity contribution in [2.45, 2.75) is 16.5 Å². The molecular weight excluding hydrogens is 425 g/mol. The van der Waals surface area contributed by atoms with Crippen molar-refractivity contribution in [1.29, 1.82) is 0 Å². The second kappa shape index (κ2) is 9.41. The van der Waals surface area contributed by atoms with E-state index in [1.807, 2.05) is 24.3 Å². The van der Waals surface area contributed by atoms with Crippen LogP contribution in [0.3, 0.4) is 0 Å². The van der Waals surface area contributed by atoms with Crippen LogP contribution in [0.15, 0.2) is 46.8 Å². The molecule has 0 radical (unpaired) electrons. The molecule has 0 spiro atoms. The van der Waals surface area contributed by atoms with Crippen LogP contribution >= 0.6 is 46.3 Å². The molecule has 0 atom stereocenters. The van der Waals surface area contributed by atoms with E-state index in [1.54, 1.807) is 25.3 Å². The average Bonchev–Trinajstić information content (AvgIpc) is 3.09. The number of hydrogen-bond donors (Lipinski definition) is 1. The van der Waals surface area contributed by atoms with E-state index >= 15 is 0 Å². The molecule has 0 aliphatic carbocycles. The molecule has 1 aromatic heterocycles. The highest BCUT2D eigenvalue weighted by Crippen LogP contribution is 2.33. The predicted octanol–water partition coefficient (Wildman–Crippen LogP) is 5.33. The highest BCUT2D eigenvalue weighted by molar-refractivity contribution is 8.00. The van der Waals surface area contributed by atoms with Crippen LogP contribution in [0.25, 0.3) is 0 Å². The first-order valence-corrected chi connectivity index (χ1v) is 10.4. The van der Waals surface area contributed by atoms with Gasteiger partial charge in [-0.2, -0.15) is 0 Å². The maximum atomic E-state index is 12.2. The van der Waals surface area contributed by atoms with E-state index in [0.717, 1.165) is 21.2 Å². The SMILES string of the molecule is COc1ccc(CC(=O)Nc2nnc(SCc3c(Cl)cccc3Cl)s2)cc1. The van der Waals surface area contributed by atoms with Gasteiger partial charge in [0.15, 0.2) is 4.34 Å². The van der Waals surface area contributed by atoms with Gasteiger partial charge in [-0.25, -0.2) is 0 Å². The van der Waals surface area contributed by atoms with Gasteiger partial charge in [0.05, 0.1) is 13.5 Å². The van der Waals surface area contributed by atoms with Crippen LogP contribution in [-0.4, -0.2) is 23.2 Å².